The number of nitrogens with one attached hydrogen (secondary N) is 1. The van der Waals surface area contributed by atoms with Crippen LogP contribution < -0.4 is 10.2 Å². The first kappa shape index (κ1) is 20.9. The monoisotopic (exact) mass is 450 g/mol. The van der Waals surface area contributed by atoms with Crippen molar-refractivity contribution in [1.82, 2.24) is 5.32 Å². The highest BCUT2D eigenvalue weighted by molar-refractivity contribution is 7.80. The number of thiocarbonyl (C=S) groups is 1. The summed E-state index contributed by atoms with van der Waals surface area (Å²) >= 11 is 11.4. The molecule has 7 heteroatoms. The fraction of sp³-hybridized carbons (Fsp3) is 0.0417. The third-order valence-electron chi connectivity index (χ3n) is 4.86. The second-order valence-corrected chi connectivity index (χ2v) is 7.73. The molecule has 1 N–H and O–H groups in total. The van der Waals surface area contributed by atoms with E-state index in [2.05, 4.69) is 5.32 Å². The molecule has 0 radical (unpaired) electrons. The molecule has 3 aromatic rings. The topological polar surface area (TPSA) is 49.4 Å². The Morgan fingerprint density at radius 2 is 1.68 bits per heavy atom. The summed E-state index contributed by atoms with van der Waals surface area (Å²) in [5.41, 5.74) is 2.23. The van der Waals surface area contributed by atoms with Crippen molar-refractivity contribution in [2.24, 2.45) is 0 Å². The van der Waals surface area contributed by atoms with Crippen LogP contribution in [0.4, 0.5) is 10.1 Å². The highest BCUT2D eigenvalue weighted by atomic mass is 35.5. The first-order valence-corrected chi connectivity index (χ1v) is 10.2. The molecule has 0 saturated carbocycles. The molecular formula is C24H16ClFN2O2S. The first-order valence-electron chi connectivity index (χ1n) is 9.42. The molecule has 154 valence electrons. The van der Waals surface area contributed by atoms with Crippen molar-refractivity contribution in [3.05, 3.63) is 106 Å². The Morgan fingerprint density at radius 1 is 0.968 bits per heavy atom. The molecule has 0 bridgehead atoms. The molecule has 1 aliphatic rings. The number of para-hydroxylation sites is 1. The number of nitrogens with zero attached hydrogens (tertiary/aromatic N) is 1. The Bertz CT molecular complexity index is 1230. The third-order valence-corrected chi connectivity index (χ3v) is 5.38. The summed E-state index contributed by atoms with van der Waals surface area (Å²) in [6, 6.07) is 20.4. The van der Waals surface area contributed by atoms with E-state index in [9.17, 15) is 14.0 Å². The van der Waals surface area contributed by atoms with Crippen molar-refractivity contribution in [3.63, 3.8) is 0 Å². The Kier molecular flexibility index (Phi) is 5.93. The van der Waals surface area contributed by atoms with E-state index in [-0.39, 0.29) is 22.9 Å². The van der Waals surface area contributed by atoms with E-state index in [1.807, 2.05) is 6.07 Å². The smallest absolute Gasteiger partial charge is 0.270 e. The lowest BCUT2D eigenvalue weighted by molar-refractivity contribution is -0.122. The van der Waals surface area contributed by atoms with Crippen LogP contribution >= 0.6 is 23.8 Å². The maximum absolute atomic E-state index is 14.2. The molecule has 1 heterocycles. The lowest BCUT2D eigenvalue weighted by Gasteiger charge is -2.29. The van der Waals surface area contributed by atoms with Gasteiger partial charge in [-0.3, -0.25) is 19.8 Å². The molecule has 1 aliphatic heterocycles. The van der Waals surface area contributed by atoms with Crippen LogP contribution in [0.5, 0.6) is 0 Å². The van der Waals surface area contributed by atoms with Crippen molar-refractivity contribution >= 4 is 52.5 Å². The van der Waals surface area contributed by atoms with E-state index in [0.29, 0.717) is 21.8 Å². The van der Waals surface area contributed by atoms with Gasteiger partial charge in [0.25, 0.3) is 11.8 Å². The predicted molar refractivity (Wildman–Crippen MR) is 123 cm³/mol. The molecule has 1 fully saturated rings. The summed E-state index contributed by atoms with van der Waals surface area (Å²) in [4.78, 5) is 27.0. The maximum atomic E-state index is 14.2. The number of carbonyl (C=O) groups is 2. The number of amides is 2. The van der Waals surface area contributed by atoms with E-state index in [1.54, 1.807) is 60.7 Å². The summed E-state index contributed by atoms with van der Waals surface area (Å²) in [6.07, 6.45) is 1.75. The standard InChI is InChI=1S/C24H16ClFN2O2S/c25-18-11-10-15(12-16-6-4-5-9-21(16)26)17(13-18)14-20-22(29)27-24(31)28(23(20)30)19-7-2-1-3-8-19/h1-11,13-14H,12H2,(H,27,29,31)/b20-14-. The molecule has 0 atom stereocenters. The molecule has 3 aromatic carbocycles. The SMILES string of the molecule is O=C1NC(=S)N(c2ccccc2)C(=O)/C1=C\c1cc(Cl)ccc1Cc1ccccc1F. The summed E-state index contributed by atoms with van der Waals surface area (Å²) in [5, 5.41) is 3.00. The van der Waals surface area contributed by atoms with E-state index < -0.39 is 11.8 Å². The Balaban J connectivity index is 1.75. The van der Waals surface area contributed by atoms with E-state index >= 15 is 0 Å². The van der Waals surface area contributed by atoms with Gasteiger partial charge in [-0.2, -0.15) is 0 Å². The van der Waals surface area contributed by atoms with E-state index in [4.69, 9.17) is 23.8 Å². The van der Waals surface area contributed by atoms with Gasteiger partial charge >= 0.3 is 0 Å². The third kappa shape index (κ3) is 4.40. The molecule has 4 nitrogen and oxygen atoms in total. The Morgan fingerprint density at radius 3 is 2.42 bits per heavy atom. The lowest BCUT2D eigenvalue weighted by Crippen LogP contribution is -2.54. The quantitative estimate of drug-likeness (QED) is 0.349. The molecule has 31 heavy (non-hydrogen) atoms. The fourth-order valence-corrected chi connectivity index (χ4v) is 3.79. The van der Waals surface area contributed by atoms with Gasteiger partial charge in [-0.25, -0.2) is 4.39 Å². The van der Waals surface area contributed by atoms with Gasteiger partial charge in [-0.15, -0.1) is 0 Å². The summed E-state index contributed by atoms with van der Waals surface area (Å²) in [7, 11) is 0. The van der Waals surface area contributed by atoms with Crippen molar-refractivity contribution in [3.8, 4) is 0 Å². The first-order chi connectivity index (χ1) is 14.9. The average Bonchev–Trinajstić information content (AvgIpc) is 2.75. The Labute approximate surface area is 189 Å². The van der Waals surface area contributed by atoms with Crippen LogP contribution in [0.2, 0.25) is 5.02 Å². The molecule has 2 amide bonds. The largest absolute Gasteiger partial charge is 0.298 e. The van der Waals surface area contributed by atoms with Crippen molar-refractivity contribution < 1.29 is 14.0 Å². The Hall–Kier alpha value is -3.35. The molecule has 0 unspecified atom stereocenters. The van der Waals surface area contributed by atoms with Crippen LogP contribution in [0.3, 0.4) is 0 Å². The fourth-order valence-electron chi connectivity index (χ4n) is 3.33. The van der Waals surface area contributed by atoms with Crippen LogP contribution in [0.15, 0.2) is 78.4 Å². The minimum Gasteiger partial charge on any atom is -0.298 e. The number of carbonyl (C=O) groups excluding carboxylic acids is 2. The van der Waals surface area contributed by atoms with Crippen LogP contribution in [-0.2, 0) is 16.0 Å². The number of hydrogen-bond acceptors (Lipinski definition) is 3. The second-order valence-electron chi connectivity index (χ2n) is 6.90. The van der Waals surface area contributed by atoms with Crippen molar-refractivity contribution in [1.29, 1.82) is 0 Å². The maximum Gasteiger partial charge on any atom is 0.270 e. The van der Waals surface area contributed by atoms with Gasteiger partial charge in [0.15, 0.2) is 5.11 Å². The molecular weight excluding hydrogens is 435 g/mol. The zero-order valence-electron chi connectivity index (χ0n) is 16.1. The van der Waals surface area contributed by atoms with Gasteiger partial charge in [-0.05, 0) is 65.3 Å². The van der Waals surface area contributed by atoms with E-state index in [0.717, 1.165) is 5.56 Å². The summed E-state index contributed by atoms with van der Waals surface area (Å²) in [6.45, 7) is 0. The van der Waals surface area contributed by atoms with Crippen molar-refractivity contribution in [2.45, 2.75) is 6.42 Å². The van der Waals surface area contributed by atoms with Crippen molar-refractivity contribution in [2.75, 3.05) is 4.90 Å². The van der Waals surface area contributed by atoms with E-state index in [1.165, 1.54) is 17.0 Å². The van der Waals surface area contributed by atoms with Crippen LogP contribution in [0, 0.1) is 5.82 Å². The van der Waals surface area contributed by atoms with Crippen LogP contribution in [-0.4, -0.2) is 16.9 Å². The number of benzene rings is 3. The normalized spacial score (nSPS) is 15.4. The minimum atomic E-state index is -0.598. The zero-order valence-corrected chi connectivity index (χ0v) is 17.7. The second kappa shape index (κ2) is 8.79. The molecule has 1 saturated heterocycles. The van der Waals surface area contributed by atoms with Gasteiger partial charge in [0, 0.05) is 11.4 Å². The number of anilines is 1. The highest BCUT2D eigenvalue weighted by Crippen LogP contribution is 2.26. The van der Waals surface area contributed by atoms with Gasteiger partial charge in [0.1, 0.15) is 11.4 Å². The highest BCUT2D eigenvalue weighted by Gasteiger charge is 2.34. The number of halogens is 2. The minimum absolute atomic E-state index is 0.0102. The van der Waals surface area contributed by atoms with Crippen LogP contribution in [0.25, 0.3) is 6.08 Å². The van der Waals surface area contributed by atoms with Gasteiger partial charge < -0.3 is 0 Å². The molecule has 0 aromatic heterocycles. The molecule has 0 aliphatic carbocycles. The summed E-state index contributed by atoms with van der Waals surface area (Å²) in [5.74, 6) is -1.47. The number of hydrogen-bond donors (Lipinski definition) is 1. The van der Waals surface area contributed by atoms with Crippen LogP contribution in [0.1, 0.15) is 16.7 Å². The average molecular weight is 451 g/mol. The molecule has 0 spiro atoms. The summed E-state index contributed by atoms with van der Waals surface area (Å²) < 4.78 is 14.2. The van der Waals surface area contributed by atoms with Gasteiger partial charge in [0.05, 0.1) is 5.69 Å². The number of rotatable bonds is 4. The lowest BCUT2D eigenvalue weighted by atomic mass is 9.97. The zero-order chi connectivity index (χ0) is 22.0. The predicted octanol–water partition coefficient (Wildman–Crippen LogP) is 4.90. The van der Waals surface area contributed by atoms with Gasteiger partial charge in [-0.1, -0.05) is 54.1 Å². The van der Waals surface area contributed by atoms with Gasteiger partial charge in [0.2, 0.25) is 0 Å². The molecule has 4 rings (SSSR count).